The van der Waals surface area contributed by atoms with Gasteiger partial charge in [0.1, 0.15) is 10.8 Å². The highest BCUT2D eigenvalue weighted by Gasteiger charge is 2.23. The van der Waals surface area contributed by atoms with Gasteiger partial charge in [0.05, 0.1) is 30.5 Å². The van der Waals surface area contributed by atoms with Crippen LogP contribution in [0.5, 0.6) is 5.75 Å². The number of thiazole rings is 1. The number of hydrogen-bond donors (Lipinski definition) is 0. The fraction of sp³-hybridized carbons (Fsp3) is 0.562. The van der Waals surface area contributed by atoms with E-state index in [2.05, 4.69) is 17.9 Å². The molecule has 1 saturated heterocycles. The molecule has 1 aromatic carbocycles. The van der Waals surface area contributed by atoms with E-state index in [1.54, 1.807) is 18.4 Å². The molecule has 3 rings (SSSR count). The van der Waals surface area contributed by atoms with E-state index in [1.807, 2.05) is 12.1 Å². The van der Waals surface area contributed by atoms with Crippen LogP contribution in [0.3, 0.4) is 0 Å². The molecule has 1 atom stereocenters. The third kappa shape index (κ3) is 3.54. The van der Waals surface area contributed by atoms with Gasteiger partial charge in [-0.2, -0.15) is 0 Å². The van der Waals surface area contributed by atoms with Crippen LogP contribution >= 0.6 is 11.3 Å². The zero-order chi connectivity index (χ0) is 14.7. The summed E-state index contributed by atoms with van der Waals surface area (Å²) in [6.07, 6.45) is 1.23. The van der Waals surface area contributed by atoms with Gasteiger partial charge in [0, 0.05) is 13.2 Å². The molecule has 0 N–H and O–H groups in total. The molecular formula is C16H22N2O2S. The van der Waals surface area contributed by atoms with Crippen molar-refractivity contribution in [3.8, 4) is 5.75 Å². The van der Waals surface area contributed by atoms with Crippen molar-refractivity contribution in [2.24, 2.45) is 5.92 Å². The van der Waals surface area contributed by atoms with E-state index in [9.17, 15) is 0 Å². The summed E-state index contributed by atoms with van der Waals surface area (Å²) in [6.45, 7) is 6.99. The lowest BCUT2D eigenvalue weighted by Crippen LogP contribution is -2.21. The first-order valence-corrected chi connectivity index (χ1v) is 8.33. The van der Waals surface area contributed by atoms with Crippen molar-refractivity contribution < 1.29 is 9.47 Å². The van der Waals surface area contributed by atoms with Crippen LogP contribution in [0.25, 0.3) is 10.2 Å². The highest BCUT2D eigenvalue weighted by atomic mass is 32.1. The maximum Gasteiger partial charge on any atom is 0.120 e. The van der Waals surface area contributed by atoms with Crippen molar-refractivity contribution in [3.05, 3.63) is 23.2 Å². The Balaban J connectivity index is 1.63. The number of nitrogens with zero attached hydrogens (tertiary/aromatic N) is 2. The summed E-state index contributed by atoms with van der Waals surface area (Å²) in [7, 11) is 1.70. The summed E-state index contributed by atoms with van der Waals surface area (Å²) in [5.74, 6) is 1.58. The average molecular weight is 306 g/mol. The Kier molecular flexibility index (Phi) is 4.73. The number of ether oxygens (including phenoxy) is 2. The lowest BCUT2D eigenvalue weighted by Gasteiger charge is -2.14. The lowest BCUT2D eigenvalue weighted by atomic mass is 10.1. The Bertz CT molecular complexity index is 599. The third-order valence-corrected chi connectivity index (χ3v) is 4.93. The van der Waals surface area contributed by atoms with E-state index in [0.29, 0.717) is 5.92 Å². The molecule has 1 fully saturated rings. The number of fused-ring (bicyclic) bond motifs is 1. The van der Waals surface area contributed by atoms with E-state index in [1.165, 1.54) is 16.1 Å². The summed E-state index contributed by atoms with van der Waals surface area (Å²) < 4.78 is 12.0. The molecule has 1 unspecified atom stereocenters. The van der Waals surface area contributed by atoms with Gasteiger partial charge >= 0.3 is 0 Å². The second-order valence-corrected chi connectivity index (χ2v) is 6.61. The van der Waals surface area contributed by atoms with Crippen molar-refractivity contribution >= 4 is 21.6 Å². The fourth-order valence-electron chi connectivity index (χ4n) is 2.82. The average Bonchev–Trinajstić information content (AvgIpc) is 3.10. The largest absolute Gasteiger partial charge is 0.497 e. The Hall–Kier alpha value is -1.17. The van der Waals surface area contributed by atoms with Crippen molar-refractivity contribution in [2.45, 2.75) is 19.9 Å². The lowest BCUT2D eigenvalue weighted by molar-refractivity contribution is 0.111. The Morgan fingerprint density at radius 1 is 1.43 bits per heavy atom. The highest BCUT2D eigenvalue weighted by molar-refractivity contribution is 7.18. The molecule has 0 bridgehead atoms. The Morgan fingerprint density at radius 3 is 3.14 bits per heavy atom. The molecule has 1 aliphatic heterocycles. The quantitative estimate of drug-likeness (QED) is 0.821. The van der Waals surface area contributed by atoms with Crippen molar-refractivity contribution in [2.75, 3.05) is 33.4 Å². The number of methoxy groups -OCH3 is 1. The van der Waals surface area contributed by atoms with E-state index in [-0.39, 0.29) is 0 Å². The molecule has 21 heavy (non-hydrogen) atoms. The summed E-state index contributed by atoms with van der Waals surface area (Å²) in [5.41, 5.74) is 1.07. The third-order valence-electron chi connectivity index (χ3n) is 3.93. The minimum Gasteiger partial charge on any atom is -0.497 e. The Morgan fingerprint density at radius 2 is 2.33 bits per heavy atom. The van der Waals surface area contributed by atoms with Gasteiger partial charge in [0.25, 0.3) is 0 Å². The second kappa shape index (κ2) is 6.73. The predicted octanol–water partition coefficient (Wildman–Crippen LogP) is 3.16. The number of hydrogen-bond acceptors (Lipinski definition) is 5. The van der Waals surface area contributed by atoms with Crippen LogP contribution in [-0.4, -0.2) is 43.3 Å². The van der Waals surface area contributed by atoms with E-state index in [0.717, 1.165) is 44.1 Å². The Labute approximate surface area is 129 Å². The molecule has 1 aliphatic rings. The topological polar surface area (TPSA) is 34.6 Å². The molecule has 114 valence electrons. The van der Waals surface area contributed by atoms with Gasteiger partial charge in [0.2, 0.25) is 0 Å². The van der Waals surface area contributed by atoms with E-state index < -0.39 is 0 Å². The van der Waals surface area contributed by atoms with Crippen molar-refractivity contribution in [1.82, 2.24) is 9.88 Å². The van der Waals surface area contributed by atoms with Gasteiger partial charge in [-0.15, -0.1) is 11.3 Å². The normalized spacial score (nSPS) is 19.4. The van der Waals surface area contributed by atoms with Gasteiger partial charge in [0.15, 0.2) is 0 Å². The van der Waals surface area contributed by atoms with Crippen LogP contribution in [0.4, 0.5) is 0 Å². The van der Waals surface area contributed by atoms with E-state index in [4.69, 9.17) is 14.5 Å². The van der Waals surface area contributed by atoms with E-state index >= 15 is 0 Å². The summed E-state index contributed by atoms with van der Waals surface area (Å²) in [6, 6.07) is 6.08. The number of aromatic nitrogens is 1. The smallest absolute Gasteiger partial charge is 0.120 e. The van der Waals surface area contributed by atoms with Gasteiger partial charge in [-0.1, -0.05) is 0 Å². The number of rotatable bonds is 6. The first kappa shape index (κ1) is 14.8. The number of likely N-dealkylation sites (tertiary alicyclic amines) is 1. The van der Waals surface area contributed by atoms with Gasteiger partial charge < -0.3 is 9.47 Å². The minimum atomic E-state index is 0.680. The molecule has 0 aliphatic carbocycles. The molecule has 1 aromatic heterocycles. The maximum atomic E-state index is 5.54. The standard InChI is InChI=1S/C16H22N2O2S/c1-3-20-11-12-6-7-18(9-12)10-16-17-14-5-4-13(19-2)8-15(14)21-16/h4-5,8,12H,3,6-7,9-11H2,1-2H3. The van der Waals surface area contributed by atoms with Crippen LogP contribution in [0.15, 0.2) is 18.2 Å². The zero-order valence-corrected chi connectivity index (χ0v) is 13.5. The summed E-state index contributed by atoms with van der Waals surface area (Å²) >= 11 is 1.77. The SMILES string of the molecule is CCOCC1CCN(Cc2nc3ccc(OC)cc3s2)C1. The predicted molar refractivity (Wildman–Crippen MR) is 86.0 cm³/mol. The summed E-state index contributed by atoms with van der Waals surface area (Å²) in [4.78, 5) is 7.21. The fourth-order valence-corrected chi connectivity index (χ4v) is 3.85. The minimum absolute atomic E-state index is 0.680. The molecule has 5 heteroatoms. The van der Waals surface area contributed by atoms with Gasteiger partial charge in [-0.3, -0.25) is 4.90 Å². The highest BCUT2D eigenvalue weighted by Crippen LogP contribution is 2.28. The molecular weight excluding hydrogens is 284 g/mol. The monoisotopic (exact) mass is 306 g/mol. The first-order chi connectivity index (χ1) is 10.3. The zero-order valence-electron chi connectivity index (χ0n) is 12.7. The van der Waals surface area contributed by atoms with Gasteiger partial charge in [-0.05, 0) is 44.0 Å². The van der Waals surface area contributed by atoms with Crippen molar-refractivity contribution in [1.29, 1.82) is 0 Å². The molecule has 0 amide bonds. The molecule has 0 saturated carbocycles. The van der Waals surface area contributed by atoms with Crippen LogP contribution in [0.2, 0.25) is 0 Å². The molecule has 2 aromatic rings. The molecule has 4 nitrogen and oxygen atoms in total. The van der Waals surface area contributed by atoms with Crippen LogP contribution < -0.4 is 4.74 Å². The molecule has 0 radical (unpaired) electrons. The van der Waals surface area contributed by atoms with Crippen LogP contribution in [0.1, 0.15) is 18.4 Å². The molecule has 0 spiro atoms. The first-order valence-electron chi connectivity index (χ1n) is 7.52. The van der Waals surface area contributed by atoms with Crippen LogP contribution in [-0.2, 0) is 11.3 Å². The maximum absolute atomic E-state index is 5.54. The summed E-state index contributed by atoms with van der Waals surface area (Å²) in [5, 5.41) is 1.19. The molecule has 2 heterocycles. The van der Waals surface area contributed by atoms with Gasteiger partial charge in [-0.25, -0.2) is 4.98 Å². The van der Waals surface area contributed by atoms with Crippen molar-refractivity contribution in [3.63, 3.8) is 0 Å². The second-order valence-electron chi connectivity index (χ2n) is 5.49. The number of benzene rings is 1. The van der Waals surface area contributed by atoms with Crippen LogP contribution in [0, 0.1) is 5.92 Å².